The van der Waals surface area contributed by atoms with Gasteiger partial charge in [0.1, 0.15) is 18.0 Å². The summed E-state index contributed by atoms with van der Waals surface area (Å²) < 4.78 is 25.8. The van der Waals surface area contributed by atoms with Crippen molar-refractivity contribution in [2.75, 3.05) is 19.6 Å². The van der Waals surface area contributed by atoms with Crippen LogP contribution < -0.4 is 5.32 Å². The molecule has 33 heavy (non-hydrogen) atoms. The van der Waals surface area contributed by atoms with Gasteiger partial charge in [-0.15, -0.1) is 0 Å². The SMILES string of the molecule is CC(C)(C)OC(=O)N1CCC2C(C1)C2(CNC(=O)OCc1ccccc1)c1ccccc1F. The molecule has 6 nitrogen and oxygen atoms in total. The molecule has 1 aliphatic carbocycles. The summed E-state index contributed by atoms with van der Waals surface area (Å²) in [4.78, 5) is 26.7. The fraction of sp³-hybridized carbons (Fsp3) is 0.462. The van der Waals surface area contributed by atoms with Gasteiger partial charge in [-0.05, 0) is 56.2 Å². The van der Waals surface area contributed by atoms with Gasteiger partial charge in [0.2, 0.25) is 0 Å². The zero-order chi connectivity index (χ0) is 23.6. The standard InChI is InChI=1S/C26H31FN2O4/c1-25(2,3)33-24(31)29-14-13-19-21(15-29)26(19,20-11-7-8-12-22(20)27)17-28-23(30)32-16-18-9-5-4-6-10-18/h4-12,19,21H,13-17H2,1-3H3,(H,28,30). The van der Waals surface area contributed by atoms with Gasteiger partial charge in [0, 0.05) is 25.0 Å². The molecular formula is C26H31FN2O4. The molecule has 3 unspecified atom stereocenters. The number of carbonyl (C=O) groups excluding carboxylic acids is 2. The molecular weight excluding hydrogens is 423 g/mol. The summed E-state index contributed by atoms with van der Waals surface area (Å²) in [6, 6.07) is 16.1. The Morgan fingerprint density at radius 1 is 1.09 bits per heavy atom. The van der Waals surface area contributed by atoms with E-state index in [1.54, 1.807) is 17.0 Å². The number of ether oxygens (including phenoxy) is 2. The Bertz CT molecular complexity index is 1010. The summed E-state index contributed by atoms with van der Waals surface area (Å²) >= 11 is 0. The molecule has 0 radical (unpaired) electrons. The number of rotatable bonds is 5. The Hall–Kier alpha value is -3.09. The van der Waals surface area contributed by atoms with E-state index in [4.69, 9.17) is 9.47 Å². The first kappa shape index (κ1) is 23.1. The Kier molecular flexibility index (Phi) is 6.32. The summed E-state index contributed by atoms with van der Waals surface area (Å²) in [5.41, 5.74) is 0.317. The van der Waals surface area contributed by atoms with Crippen LogP contribution in [0.5, 0.6) is 0 Å². The van der Waals surface area contributed by atoms with Crippen molar-refractivity contribution < 1.29 is 23.5 Å². The number of nitrogens with one attached hydrogen (secondary N) is 1. The molecule has 1 heterocycles. The molecule has 1 saturated carbocycles. The predicted octanol–water partition coefficient (Wildman–Crippen LogP) is 4.88. The lowest BCUT2D eigenvalue weighted by Crippen LogP contribution is -2.41. The number of nitrogens with zero attached hydrogens (tertiary/aromatic N) is 1. The second-order valence-electron chi connectivity index (χ2n) is 9.86. The number of hydrogen-bond donors (Lipinski definition) is 1. The molecule has 176 valence electrons. The van der Waals surface area contributed by atoms with Crippen LogP contribution in [-0.4, -0.2) is 42.3 Å². The van der Waals surface area contributed by atoms with Crippen molar-refractivity contribution in [3.63, 3.8) is 0 Å². The highest BCUT2D eigenvalue weighted by molar-refractivity contribution is 5.69. The van der Waals surface area contributed by atoms with Crippen molar-refractivity contribution in [2.45, 2.75) is 44.8 Å². The van der Waals surface area contributed by atoms with E-state index in [-0.39, 0.29) is 36.9 Å². The molecule has 1 aliphatic heterocycles. The Morgan fingerprint density at radius 2 is 1.79 bits per heavy atom. The molecule has 2 aromatic carbocycles. The maximum atomic E-state index is 14.9. The van der Waals surface area contributed by atoms with E-state index in [2.05, 4.69) is 5.32 Å². The van der Waals surface area contributed by atoms with E-state index in [0.29, 0.717) is 18.7 Å². The van der Waals surface area contributed by atoms with Gasteiger partial charge < -0.3 is 19.7 Å². The van der Waals surface area contributed by atoms with E-state index in [1.165, 1.54) is 6.07 Å². The number of carbonyl (C=O) groups is 2. The molecule has 3 atom stereocenters. The molecule has 2 amide bonds. The van der Waals surface area contributed by atoms with Gasteiger partial charge in [-0.1, -0.05) is 48.5 Å². The minimum absolute atomic E-state index is 0.0325. The van der Waals surface area contributed by atoms with Gasteiger partial charge in [-0.2, -0.15) is 0 Å². The summed E-state index contributed by atoms with van der Waals surface area (Å²) in [7, 11) is 0. The van der Waals surface area contributed by atoms with Gasteiger partial charge in [0.15, 0.2) is 0 Å². The van der Waals surface area contributed by atoms with E-state index in [9.17, 15) is 14.0 Å². The lowest BCUT2D eigenvalue weighted by molar-refractivity contribution is 0.0206. The third-order valence-electron chi connectivity index (χ3n) is 6.59. The highest BCUT2D eigenvalue weighted by Gasteiger charge is 2.67. The molecule has 0 bridgehead atoms. The second-order valence-corrected chi connectivity index (χ2v) is 9.86. The number of likely N-dealkylation sites (tertiary alicyclic amines) is 1. The number of benzene rings is 2. The average Bonchev–Trinajstić information content (AvgIpc) is 3.43. The van der Waals surface area contributed by atoms with Gasteiger partial charge >= 0.3 is 12.2 Å². The quantitative estimate of drug-likeness (QED) is 0.700. The number of amides is 2. The van der Waals surface area contributed by atoms with Crippen LogP contribution in [0.1, 0.15) is 38.3 Å². The van der Waals surface area contributed by atoms with Gasteiger partial charge in [0.05, 0.1) is 0 Å². The fourth-order valence-corrected chi connectivity index (χ4v) is 5.06. The second kappa shape index (κ2) is 9.04. The number of hydrogen-bond acceptors (Lipinski definition) is 4. The highest BCUT2D eigenvalue weighted by atomic mass is 19.1. The first-order valence-electron chi connectivity index (χ1n) is 11.4. The first-order chi connectivity index (χ1) is 15.7. The molecule has 1 saturated heterocycles. The molecule has 2 aromatic rings. The monoisotopic (exact) mass is 454 g/mol. The topological polar surface area (TPSA) is 67.9 Å². The van der Waals surface area contributed by atoms with Crippen molar-refractivity contribution in [2.24, 2.45) is 11.8 Å². The Balaban J connectivity index is 1.46. The van der Waals surface area contributed by atoms with E-state index < -0.39 is 17.1 Å². The van der Waals surface area contributed by atoms with Crippen molar-refractivity contribution in [1.82, 2.24) is 10.2 Å². The Labute approximate surface area is 194 Å². The summed E-state index contributed by atoms with van der Waals surface area (Å²) in [5, 5.41) is 2.86. The molecule has 2 fully saturated rings. The first-order valence-corrected chi connectivity index (χ1v) is 11.4. The summed E-state index contributed by atoms with van der Waals surface area (Å²) in [5.74, 6) is -0.0947. The van der Waals surface area contributed by atoms with E-state index >= 15 is 0 Å². The van der Waals surface area contributed by atoms with Crippen LogP contribution in [0.2, 0.25) is 0 Å². The minimum atomic E-state index is -0.579. The van der Waals surface area contributed by atoms with Crippen LogP contribution in [0.15, 0.2) is 54.6 Å². The zero-order valence-electron chi connectivity index (χ0n) is 19.3. The van der Waals surface area contributed by atoms with Crippen molar-refractivity contribution in [1.29, 1.82) is 0 Å². The number of fused-ring (bicyclic) bond motifs is 1. The van der Waals surface area contributed by atoms with Crippen LogP contribution >= 0.6 is 0 Å². The number of halogens is 1. The lowest BCUT2D eigenvalue weighted by atomic mass is 9.90. The van der Waals surface area contributed by atoms with Crippen LogP contribution in [0.25, 0.3) is 0 Å². The van der Waals surface area contributed by atoms with Gasteiger partial charge in [-0.3, -0.25) is 0 Å². The van der Waals surface area contributed by atoms with Crippen molar-refractivity contribution >= 4 is 12.2 Å². The zero-order valence-corrected chi connectivity index (χ0v) is 19.3. The highest BCUT2D eigenvalue weighted by Crippen LogP contribution is 2.63. The maximum absolute atomic E-state index is 14.9. The smallest absolute Gasteiger partial charge is 0.410 e. The maximum Gasteiger partial charge on any atom is 0.410 e. The Morgan fingerprint density at radius 3 is 2.48 bits per heavy atom. The lowest BCUT2D eigenvalue weighted by Gasteiger charge is -2.29. The molecule has 0 aromatic heterocycles. The van der Waals surface area contributed by atoms with Gasteiger partial charge in [-0.25, -0.2) is 14.0 Å². The summed E-state index contributed by atoms with van der Waals surface area (Å²) in [6.45, 7) is 6.94. The minimum Gasteiger partial charge on any atom is -0.445 e. The van der Waals surface area contributed by atoms with Gasteiger partial charge in [0.25, 0.3) is 0 Å². The normalized spacial score (nSPS) is 23.9. The molecule has 1 N–H and O–H groups in total. The molecule has 4 rings (SSSR count). The van der Waals surface area contributed by atoms with Crippen molar-refractivity contribution in [3.05, 3.63) is 71.5 Å². The average molecular weight is 455 g/mol. The number of piperidine rings is 1. The predicted molar refractivity (Wildman–Crippen MR) is 122 cm³/mol. The van der Waals surface area contributed by atoms with E-state index in [0.717, 1.165) is 12.0 Å². The number of alkyl carbamates (subject to hydrolysis) is 1. The largest absolute Gasteiger partial charge is 0.445 e. The van der Waals surface area contributed by atoms with Crippen LogP contribution in [0.4, 0.5) is 14.0 Å². The van der Waals surface area contributed by atoms with Crippen LogP contribution in [-0.2, 0) is 21.5 Å². The molecule has 7 heteroatoms. The van der Waals surface area contributed by atoms with Crippen molar-refractivity contribution in [3.8, 4) is 0 Å². The fourth-order valence-electron chi connectivity index (χ4n) is 5.06. The summed E-state index contributed by atoms with van der Waals surface area (Å²) in [6.07, 6.45) is -0.174. The third kappa shape index (κ3) is 4.97. The molecule has 2 aliphatic rings. The van der Waals surface area contributed by atoms with E-state index in [1.807, 2.05) is 57.2 Å². The van der Waals surface area contributed by atoms with Crippen LogP contribution in [0, 0.1) is 17.7 Å². The van der Waals surface area contributed by atoms with Crippen LogP contribution in [0.3, 0.4) is 0 Å². The molecule has 0 spiro atoms. The third-order valence-corrected chi connectivity index (χ3v) is 6.59.